The van der Waals surface area contributed by atoms with Crippen LogP contribution < -0.4 is 11.1 Å². The van der Waals surface area contributed by atoms with Crippen LogP contribution in [-0.4, -0.2) is 77.6 Å². The van der Waals surface area contributed by atoms with E-state index in [1.54, 1.807) is 18.0 Å². The molecule has 0 radical (unpaired) electrons. The number of nitrogens with one attached hydrogen (secondary N) is 1. The van der Waals surface area contributed by atoms with Crippen molar-refractivity contribution in [1.29, 1.82) is 0 Å². The van der Waals surface area contributed by atoms with E-state index >= 15 is 0 Å². The van der Waals surface area contributed by atoms with Crippen molar-refractivity contribution >= 4 is 17.6 Å². The molecule has 0 spiro atoms. The average molecular weight is 401 g/mol. The first-order valence-corrected chi connectivity index (χ1v) is 10.0. The van der Waals surface area contributed by atoms with Gasteiger partial charge in [-0.1, -0.05) is 0 Å². The molecular weight excluding hydrogens is 374 g/mol. The molecular formula is C19H27N7O3. The first-order chi connectivity index (χ1) is 14.0. The summed E-state index contributed by atoms with van der Waals surface area (Å²) >= 11 is 0. The fraction of sp³-hybridized carbons (Fsp3) is 0.684. The number of hydrogen-bond acceptors (Lipinski definition) is 6. The van der Waals surface area contributed by atoms with E-state index in [0.29, 0.717) is 0 Å². The van der Waals surface area contributed by atoms with Gasteiger partial charge in [0.15, 0.2) is 5.82 Å². The zero-order chi connectivity index (χ0) is 20.6. The van der Waals surface area contributed by atoms with Crippen molar-refractivity contribution < 1.29 is 14.3 Å². The number of primary amides is 1. The third kappa shape index (κ3) is 3.85. The minimum Gasteiger partial charge on any atom is -0.379 e. The monoisotopic (exact) mass is 401 g/mol. The van der Waals surface area contributed by atoms with Gasteiger partial charge < -0.3 is 20.6 Å². The molecule has 1 saturated carbocycles. The maximum Gasteiger partial charge on any atom is 0.254 e. The fourth-order valence-corrected chi connectivity index (χ4v) is 4.05. The lowest BCUT2D eigenvalue weighted by Crippen LogP contribution is -2.62. The number of amides is 2. The second-order valence-electron chi connectivity index (χ2n) is 8.19. The van der Waals surface area contributed by atoms with E-state index in [1.165, 1.54) is 0 Å². The maximum atomic E-state index is 12.2. The quantitative estimate of drug-likeness (QED) is 0.636. The highest BCUT2D eigenvalue weighted by Gasteiger charge is 2.44. The molecule has 1 aliphatic carbocycles. The molecule has 2 amide bonds. The van der Waals surface area contributed by atoms with Gasteiger partial charge in [0.2, 0.25) is 12.5 Å². The van der Waals surface area contributed by atoms with Gasteiger partial charge >= 0.3 is 0 Å². The highest BCUT2D eigenvalue weighted by Crippen LogP contribution is 2.34. The SMILES string of the molecule is [C-]#[N+]CC1(n2cc(C(N)=O)c(NC(=O)C3CC3)n2)CCN(N2CC(OC)C2)CC1. The third-order valence-corrected chi connectivity index (χ3v) is 6.26. The van der Waals surface area contributed by atoms with Crippen LogP contribution in [-0.2, 0) is 15.1 Å². The van der Waals surface area contributed by atoms with E-state index in [1.807, 2.05) is 0 Å². The van der Waals surface area contributed by atoms with Gasteiger partial charge in [0.1, 0.15) is 11.1 Å². The Labute approximate surface area is 169 Å². The number of piperidine rings is 1. The summed E-state index contributed by atoms with van der Waals surface area (Å²) in [5, 5.41) is 11.8. The molecule has 2 saturated heterocycles. The fourth-order valence-electron chi connectivity index (χ4n) is 4.05. The summed E-state index contributed by atoms with van der Waals surface area (Å²) in [7, 11) is 1.73. The highest BCUT2D eigenvalue weighted by atomic mass is 16.5. The predicted octanol–water partition coefficient (Wildman–Crippen LogP) is 0.286. The molecule has 3 heterocycles. The molecule has 4 rings (SSSR count). The minimum absolute atomic E-state index is 0.00577. The normalized spacial score (nSPS) is 22.6. The number of carbonyl (C=O) groups excluding carboxylic acids is 2. The molecule has 156 valence electrons. The Bertz CT molecular complexity index is 827. The van der Waals surface area contributed by atoms with Crippen molar-refractivity contribution in [3.05, 3.63) is 23.2 Å². The van der Waals surface area contributed by atoms with Crippen molar-refractivity contribution in [2.45, 2.75) is 37.3 Å². The van der Waals surface area contributed by atoms with Gasteiger partial charge in [0.05, 0.1) is 6.10 Å². The van der Waals surface area contributed by atoms with Gasteiger partial charge in [0.25, 0.3) is 5.91 Å². The number of nitrogens with two attached hydrogens (primary N) is 1. The molecule has 0 bridgehead atoms. The van der Waals surface area contributed by atoms with Gasteiger partial charge in [-0.15, -0.1) is 0 Å². The molecule has 1 aromatic rings. The number of aromatic nitrogens is 2. The van der Waals surface area contributed by atoms with E-state index in [9.17, 15) is 9.59 Å². The molecule has 3 N–H and O–H groups in total. The summed E-state index contributed by atoms with van der Waals surface area (Å²) in [6, 6.07) is 0. The Hall–Kier alpha value is -2.48. The van der Waals surface area contributed by atoms with Crippen LogP contribution in [0.1, 0.15) is 36.0 Å². The zero-order valence-corrected chi connectivity index (χ0v) is 16.6. The second-order valence-corrected chi connectivity index (χ2v) is 8.19. The molecule has 10 nitrogen and oxygen atoms in total. The summed E-state index contributed by atoms with van der Waals surface area (Å²) < 4.78 is 7.04. The van der Waals surface area contributed by atoms with E-state index in [2.05, 4.69) is 25.3 Å². The van der Waals surface area contributed by atoms with Gasteiger partial charge in [-0.05, 0) is 25.7 Å². The largest absolute Gasteiger partial charge is 0.379 e. The molecule has 3 aliphatic rings. The van der Waals surface area contributed by atoms with Gasteiger partial charge in [-0.25, -0.2) is 16.6 Å². The average Bonchev–Trinajstić information content (AvgIpc) is 3.43. The van der Waals surface area contributed by atoms with Gasteiger partial charge in [-0.3, -0.25) is 14.3 Å². The number of anilines is 1. The molecule has 1 aromatic heterocycles. The Morgan fingerprint density at radius 2 is 2.03 bits per heavy atom. The van der Waals surface area contributed by atoms with Crippen LogP contribution >= 0.6 is 0 Å². The van der Waals surface area contributed by atoms with E-state index in [4.69, 9.17) is 17.0 Å². The van der Waals surface area contributed by atoms with Gasteiger partial charge in [0, 0.05) is 45.4 Å². The molecule has 2 aliphatic heterocycles. The Morgan fingerprint density at radius 1 is 1.34 bits per heavy atom. The van der Waals surface area contributed by atoms with E-state index in [0.717, 1.165) is 51.9 Å². The lowest BCUT2D eigenvalue weighted by atomic mass is 9.88. The van der Waals surface area contributed by atoms with Crippen molar-refractivity contribution in [1.82, 2.24) is 19.8 Å². The first-order valence-electron chi connectivity index (χ1n) is 10.0. The van der Waals surface area contributed by atoms with Crippen LogP contribution in [0.15, 0.2) is 6.20 Å². The van der Waals surface area contributed by atoms with Crippen molar-refractivity contribution in [3.8, 4) is 0 Å². The first kappa shape index (κ1) is 19.8. The predicted molar refractivity (Wildman–Crippen MR) is 105 cm³/mol. The summed E-state index contributed by atoms with van der Waals surface area (Å²) in [4.78, 5) is 27.7. The molecule has 10 heteroatoms. The van der Waals surface area contributed by atoms with Crippen molar-refractivity contribution in [3.63, 3.8) is 0 Å². The number of hydrazine groups is 1. The van der Waals surface area contributed by atoms with Crippen LogP contribution in [0.4, 0.5) is 5.82 Å². The summed E-state index contributed by atoms with van der Waals surface area (Å²) in [5.74, 6) is -0.568. The summed E-state index contributed by atoms with van der Waals surface area (Å²) in [6.45, 7) is 11.1. The Morgan fingerprint density at radius 3 is 2.59 bits per heavy atom. The topological polar surface area (TPSA) is 110 Å². The second kappa shape index (κ2) is 7.74. The standard InChI is InChI=1S/C19H27N7O3/c1-21-12-19(5-7-24(8-6-19)25-9-14(10-25)29-2)26-11-15(16(20)27)17(23-26)22-18(28)13-3-4-13/h11,13-14H,3-10,12H2,2H3,(H2,20,27)(H,22,23,28). The van der Waals surface area contributed by atoms with Crippen LogP contribution in [0.25, 0.3) is 4.85 Å². The zero-order valence-electron chi connectivity index (χ0n) is 16.6. The summed E-state index contributed by atoms with van der Waals surface area (Å²) in [6.07, 6.45) is 5.04. The Kier molecular flexibility index (Phi) is 5.29. The third-order valence-electron chi connectivity index (χ3n) is 6.26. The van der Waals surface area contributed by atoms with E-state index in [-0.39, 0.29) is 35.9 Å². The van der Waals surface area contributed by atoms with E-state index < -0.39 is 11.4 Å². The Balaban J connectivity index is 1.51. The number of rotatable bonds is 7. The van der Waals surface area contributed by atoms with Crippen molar-refractivity contribution in [2.75, 3.05) is 45.2 Å². The molecule has 0 atom stereocenters. The number of ether oxygens (including phenoxy) is 1. The lowest BCUT2D eigenvalue weighted by Gasteiger charge is -2.49. The lowest BCUT2D eigenvalue weighted by molar-refractivity contribution is -0.162. The van der Waals surface area contributed by atoms with Crippen LogP contribution in [0.3, 0.4) is 0 Å². The number of carbonyl (C=O) groups is 2. The highest BCUT2D eigenvalue weighted by molar-refractivity contribution is 6.02. The number of methoxy groups -OCH3 is 1. The molecule has 3 fully saturated rings. The minimum atomic E-state index is -0.635. The molecule has 0 unspecified atom stereocenters. The molecule has 29 heavy (non-hydrogen) atoms. The van der Waals surface area contributed by atoms with Crippen LogP contribution in [0, 0.1) is 12.5 Å². The molecule has 0 aromatic carbocycles. The van der Waals surface area contributed by atoms with Crippen molar-refractivity contribution in [2.24, 2.45) is 11.7 Å². The van der Waals surface area contributed by atoms with Crippen LogP contribution in [0.5, 0.6) is 0 Å². The maximum absolute atomic E-state index is 12.2. The van der Waals surface area contributed by atoms with Gasteiger partial charge in [-0.2, -0.15) is 5.10 Å². The number of hydrogen-bond donors (Lipinski definition) is 2. The van der Waals surface area contributed by atoms with Crippen LogP contribution in [0.2, 0.25) is 0 Å². The smallest absolute Gasteiger partial charge is 0.254 e. The summed E-state index contributed by atoms with van der Waals surface area (Å²) in [5.41, 5.74) is 5.20. The number of nitrogens with zero attached hydrogens (tertiary/aromatic N) is 5.